The lowest BCUT2D eigenvalue weighted by Crippen LogP contribution is -2.27. The van der Waals surface area contributed by atoms with Gasteiger partial charge in [-0.25, -0.2) is 14.8 Å². The molecule has 19 heavy (non-hydrogen) atoms. The van der Waals surface area contributed by atoms with Crippen LogP contribution in [0.25, 0.3) is 5.82 Å². The van der Waals surface area contributed by atoms with Crippen LogP contribution in [0, 0.1) is 6.92 Å². The number of aromatic nitrogens is 3. The quantitative estimate of drug-likeness (QED) is 0.845. The van der Waals surface area contributed by atoms with Crippen LogP contribution in [0.1, 0.15) is 12.7 Å². The monoisotopic (exact) mass is 260 g/mol. The summed E-state index contributed by atoms with van der Waals surface area (Å²) >= 11 is 0. The Balaban J connectivity index is 2.11. The average Bonchev–Trinajstić information content (AvgIpc) is 2.85. The number of carbonyl (C=O) groups is 1. The topological polar surface area (TPSA) is 69.0 Å². The number of methoxy groups -OCH3 is 1. The second-order valence-electron chi connectivity index (χ2n) is 4.14. The number of nitrogens with one attached hydrogen (secondary N) is 1. The van der Waals surface area contributed by atoms with E-state index in [1.165, 1.54) is 7.11 Å². The number of ether oxygens (including phenoxy) is 1. The van der Waals surface area contributed by atoms with E-state index in [9.17, 15) is 4.79 Å². The Bertz CT molecular complexity index is 562. The first-order chi connectivity index (χ1) is 9.11. The minimum atomic E-state index is -0.410. The third-order valence-corrected chi connectivity index (χ3v) is 2.76. The Kier molecular flexibility index (Phi) is 3.79. The van der Waals surface area contributed by atoms with Gasteiger partial charge < -0.3 is 10.1 Å². The molecule has 0 bridgehead atoms. The summed E-state index contributed by atoms with van der Waals surface area (Å²) in [6.07, 6.45) is 5.25. The fourth-order valence-electron chi connectivity index (χ4n) is 1.72. The molecule has 0 aliphatic heterocycles. The number of nitrogens with zero attached hydrogens (tertiary/aromatic N) is 3. The van der Waals surface area contributed by atoms with E-state index in [4.69, 9.17) is 0 Å². The molecule has 2 aromatic heterocycles. The van der Waals surface area contributed by atoms with Crippen molar-refractivity contribution in [1.29, 1.82) is 0 Å². The number of anilines is 1. The van der Waals surface area contributed by atoms with Gasteiger partial charge in [0.1, 0.15) is 17.7 Å². The van der Waals surface area contributed by atoms with Gasteiger partial charge in [0.25, 0.3) is 0 Å². The molecule has 2 heterocycles. The first-order valence-electron chi connectivity index (χ1n) is 5.92. The summed E-state index contributed by atoms with van der Waals surface area (Å²) in [5, 5.41) is 3.02. The SMILES string of the molecule is COC(=O)C(C)Nc1ccc(-n2ccnc2C)nc1. The fourth-order valence-corrected chi connectivity index (χ4v) is 1.72. The number of hydrogen-bond acceptors (Lipinski definition) is 5. The summed E-state index contributed by atoms with van der Waals surface area (Å²) in [6, 6.07) is 3.31. The van der Waals surface area contributed by atoms with Gasteiger partial charge in [-0.05, 0) is 26.0 Å². The van der Waals surface area contributed by atoms with Crippen molar-refractivity contribution < 1.29 is 9.53 Å². The van der Waals surface area contributed by atoms with E-state index >= 15 is 0 Å². The van der Waals surface area contributed by atoms with Gasteiger partial charge in [0, 0.05) is 12.4 Å². The van der Waals surface area contributed by atoms with Crippen molar-refractivity contribution in [2.45, 2.75) is 19.9 Å². The highest BCUT2D eigenvalue weighted by atomic mass is 16.5. The number of hydrogen-bond donors (Lipinski definition) is 1. The summed E-state index contributed by atoms with van der Waals surface area (Å²) in [5.74, 6) is 1.34. The fraction of sp³-hybridized carbons (Fsp3) is 0.308. The van der Waals surface area contributed by atoms with Gasteiger partial charge in [-0.1, -0.05) is 0 Å². The van der Waals surface area contributed by atoms with Crippen LogP contribution in [0.4, 0.5) is 5.69 Å². The van der Waals surface area contributed by atoms with Crippen molar-refractivity contribution in [3.05, 3.63) is 36.5 Å². The molecule has 0 aliphatic carbocycles. The van der Waals surface area contributed by atoms with Crippen molar-refractivity contribution in [2.24, 2.45) is 0 Å². The number of aryl methyl sites for hydroxylation is 1. The number of rotatable bonds is 4. The Morgan fingerprint density at radius 2 is 2.21 bits per heavy atom. The molecule has 0 aliphatic rings. The summed E-state index contributed by atoms with van der Waals surface area (Å²) in [4.78, 5) is 19.8. The van der Waals surface area contributed by atoms with Crippen LogP contribution in [0.3, 0.4) is 0 Å². The lowest BCUT2D eigenvalue weighted by Gasteiger charge is -2.13. The zero-order valence-corrected chi connectivity index (χ0v) is 11.1. The van der Waals surface area contributed by atoms with E-state index in [2.05, 4.69) is 20.0 Å². The number of esters is 1. The molecule has 0 radical (unpaired) electrons. The summed E-state index contributed by atoms with van der Waals surface area (Å²) < 4.78 is 6.53. The lowest BCUT2D eigenvalue weighted by atomic mass is 10.3. The van der Waals surface area contributed by atoms with Crippen molar-refractivity contribution in [2.75, 3.05) is 12.4 Å². The van der Waals surface area contributed by atoms with Crippen LogP contribution < -0.4 is 5.32 Å². The van der Waals surface area contributed by atoms with Gasteiger partial charge >= 0.3 is 5.97 Å². The Morgan fingerprint density at radius 1 is 1.42 bits per heavy atom. The minimum absolute atomic E-state index is 0.311. The maximum absolute atomic E-state index is 11.3. The number of carbonyl (C=O) groups excluding carboxylic acids is 1. The smallest absolute Gasteiger partial charge is 0.327 e. The van der Waals surface area contributed by atoms with E-state index < -0.39 is 6.04 Å². The molecule has 0 saturated carbocycles. The Labute approximate surface area is 111 Å². The lowest BCUT2D eigenvalue weighted by molar-refractivity contribution is -0.141. The third kappa shape index (κ3) is 2.90. The first kappa shape index (κ1) is 13.1. The zero-order valence-electron chi connectivity index (χ0n) is 11.1. The van der Waals surface area contributed by atoms with Crippen LogP contribution in [0.5, 0.6) is 0 Å². The largest absolute Gasteiger partial charge is 0.467 e. The van der Waals surface area contributed by atoms with E-state index in [-0.39, 0.29) is 5.97 Å². The second-order valence-corrected chi connectivity index (χ2v) is 4.14. The van der Waals surface area contributed by atoms with Crippen LogP contribution >= 0.6 is 0 Å². The van der Waals surface area contributed by atoms with Crippen molar-refractivity contribution in [3.63, 3.8) is 0 Å². The highest BCUT2D eigenvalue weighted by Crippen LogP contribution is 2.12. The van der Waals surface area contributed by atoms with Crippen LogP contribution in [-0.2, 0) is 9.53 Å². The maximum atomic E-state index is 11.3. The van der Waals surface area contributed by atoms with Gasteiger partial charge in [0.05, 0.1) is 19.0 Å². The van der Waals surface area contributed by atoms with Crippen LogP contribution in [0.2, 0.25) is 0 Å². The highest BCUT2D eigenvalue weighted by Gasteiger charge is 2.12. The Morgan fingerprint density at radius 3 is 2.74 bits per heavy atom. The maximum Gasteiger partial charge on any atom is 0.327 e. The van der Waals surface area contributed by atoms with E-state index in [0.717, 1.165) is 17.3 Å². The minimum Gasteiger partial charge on any atom is -0.467 e. The molecule has 1 unspecified atom stereocenters. The summed E-state index contributed by atoms with van der Waals surface area (Å²) in [6.45, 7) is 3.65. The van der Waals surface area contributed by atoms with Gasteiger partial charge in [0.2, 0.25) is 0 Å². The van der Waals surface area contributed by atoms with Crippen molar-refractivity contribution in [3.8, 4) is 5.82 Å². The van der Waals surface area contributed by atoms with Crippen molar-refractivity contribution in [1.82, 2.24) is 14.5 Å². The molecule has 6 heteroatoms. The molecule has 1 N–H and O–H groups in total. The summed E-state index contributed by atoms with van der Waals surface area (Å²) in [5.41, 5.74) is 0.763. The number of imidazole rings is 1. The van der Waals surface area contributed by atoms with E-state index in [1.54, 1.807) is 19.3 Å². The standard InChI is InChI=1S/C13H16N4O2/c1-9(13(18)19-3)16-11-4-5-12(15-8-11)17-7-6-14-10(17)2/h4-9,16H,1-3H3. The van der Waals surface area contributed by atoms with Gasteiger partial charge in [-0.2, -0.15) is 0 Å². The Hall–Kier alpha value is -2.37. The molecule has 1 atom stereocenters. The molecule has 6 nitrogen and oxygen atoms in total. The molecule has 100 valence electrons. The molecule has 0 spiro atoms. The van der Waals surface area contributed by atoms with Crippen LogP contribution in [-0.4, -0.2) is 33.7 Å². The molecule has 0 aromatic carbocycles. The predicted molar refractivity (Wildman–Crippen MR) is 71.2 cm³/mol. The van der Waals surface area contributed by atoms with Gasteiger partial charge in [-0.15, -0.1) is 0 Å². The highest BCUT2D eigenvalue weighted by molar-refractivity contribution is 5.78. The number of pyridine rings is 1. The molecule has 2 rings (SSSR count). The molecule has 0 fully saturated rings. The molecule has 0 saturated heterocycles. The average molecular weight is 260 g/mol. The van der Waals surface area contributed by atoms with Crippen molar-refractivity contribution >= 4 is 11.7 Å². The summed E-state index contributed by atoms with van der Waals surface area (Å²) in [7, 11) is 1.36. The molecular weight excluding hydrogens is 244 g/mol. The molecule has 0 amide bonds. The van der Waals surface area contributed by atoms with Gasteiger partial charge in [-0.3, -0.25) is 4.57 Å². The predicted octanol–water partition coefficient (Wildman–Crippen LogP) is 1.55. The third-order valence-electron chi connectivity index (χ3n) is 2.76. The first-order valence-corrected chi connectivity index (χ1v) is 5.92. The molecule has 2 aromatic rings. The van der Waals surface area contributed by atoms with Gasteiger partial charge in [0.15, 0.2) is 0 Å². The van der Waals surface area contributed by atoms with E-state index in [1.807, 2.05) is 29.8 Å². The normalized spacial score (nSPS) is 11.9. The molecular formula is C13H16N4O2. The van der Waals surface area contributed by atoms with E-state index in [0.29, 0.717) is 0 Å². The van der Waals surface area contributed by atoms with Crippen LogP contribution in [0.15, 0.2) is 30.7 Å². The zero-order chi connectivity index (χ0) is 13.8. The second kappa shape index (κ2) is 5.51.